The number of benzene rings is 1. The standard InChI is InChI=1S/C13H17Br2NO4S/c1-3-4-9(13(17)18)7-16-21(19,20)12-6-10(14)8(2)5-11(12)15/h5-6,9,16H,3-4,7H2,1-2H3,(H,17,18). The van der Waals surface area contributed by atoms with Crippen LogP contribution < -0.4 is 4.72 Å². The van der Waals surface area contributed by atoms with Crippen LogP contribution in [0.15, 0.2) is 26.0 Å². The number of hydrogen-bond donors (Lipinski definition) is 2. The summed E-state index contributed by atoms with van der Waals surface area (Å²) in [6.07, 6.45) is 1.11. The molecular formula is C13H17Br2NO4S. The van der Waals surface area contributed by atoms with Gasteiger partial charge in [-0.1, -0.05) is 29.3 Å². The molecule has 1 unspecified atom stereocenters. The van der Waals surface area contributed by atoms with Gasteiger partial charge in [-0.2, -0.15) is 0 Å². The van der Waals surface area contributed by atoms with Crippen molar-refractivity contribution in [2.24, 2.45) is 5.92 Å². The lowest BCUT2D eigenvalue weighted by molar-refractivity contribution is -0.141. The van der Waals surface area contributed by atoms with Gasteiger partial charge in [0.05, 0.1) is 10.8 Å². The normalized spacial score (nSPS) is 13.1. The molecule has 0 aromatic heterocycles. The molecule has 0 amide bonds. The summed E-state index contributed by atoms with van der Waals surface area (Å²) >= 11 is 6.52. The monoisotopic (exact) mass is 441 g/mol. The number of nitrogens with one attached hydrogen (secondary N) is 1. The van der Waals surface area contributed by atoms with Gasteiger partial charge in [-0.25, -0.2) is 13.1 Å². The maximum Gasteiger partial charge on any atom is 0.307 e. The first kappa shape index (κ1) is 18.6. The van der Waals surface area contributed by atoms with Gasteiger partial charge in [-0.3, -0.25) is 4.79 Å². The molecule has 5 nitrogen and oxygen atoms in total. The molecule has 0 fully saturated rings. The summed E-state index contributed by atoms with van der Waals surface area (Å²) in [5.74, 6) is -1.72. The number of aliphatic carboxylic acids is 1. The molecule has 0 heterocycles. The highest BCUT2D eigenvalue weighted by molar-refractivity contribution is 9.11. The molecule has 21 heavy (non-hydrogen) atoms. The van der Waals surface area contributed by atoms with Crippen LogP contribution in [0.3, 0.4) is 0 Å². The van der Waals surface area contributed by atoms with Crippen LogP contribution in [0.1, 0.15) is 25.3 Å². The number of sulfonamides is 1. The average Bonchev–Trinajstić information content (AvgIpc) is 2.38. The molecule has 1 aromatic rings. The van der Waals surface area contributed by atoms with E-state index < -0.39 is 21.9 Å². The van der Waals surface area contributed by atoms with E-state index in [9.17, 15) is 13.2 Å². The van der Waals surface area contributed by atoms with E-state index >= 15 is 0 Å². The Hall–Kier alpha value is -0.440. The van der Waals surface area contributed by atoms with Crippen molar-refractivity contribution in [3.8, 4) is 0 Å². The summed E-state index contributed by atoms with van der Waals surface area (Å²) in [7, 11) is -3.77. The minimum absolute atomic E-state index is 0.0839. The molecule has 1 aromatic carbocycles. The molecule has 118 valence electrons. The first-order valence-corrected chi connectivity index (χ1v) is 9.44. The van der Waals surface area contributed by atoms with Gasteiger partial charge in [-0.05, 0) is 47.0 Å². The Labute approximate surface area is 141 Å². The fraction of sp³-hybridized carbons (Fsp3) is 0.462. The number of aryl methyl sites for hydroxylation is 1. The summed E-state index contributed by atoms with van der Waals surface area (Å²) in [6.45, 7) is 3.59. The second-order valence-electron chi connectivity index (χ2n) is 4.71. The Morgan fingerprint density at radius 2 is 1.95 bits per heavy atom. The fourth-order valence-corrected chi connectivity index (χ4v) is 4.54. The summed E-state index contributed by atoms with van der Waals surface area (Å²) in [5, 5.41) is 9.06. The molecule has 0 bridgehead atoms. The first-order chi connectivity index (χ1) is 9.69. The van der Waals surface area contributed by atoms with E-state index in [1.54, 1.807) is 6.07 Å². The Balaban J connectivity index is 2.97. The second-order valence-corrected chi connectivity index (χ2v) is 8.15. The number of hydrogen-bond acceptors (Lipinski definition) is 3. The zero-order valence-electron chi connectivity index (χ0n) is 11.7. The minimum atomic E-state index is -3.77. The topological polar surface area (TPSA) is 83.5 Å². The summed E-state index contributed by atoms with van der Waals surface area (Å²) < 4.78 is 28.1. The number of carbonyl (C=O) groups is 1. The van der Waals surface area contributed by atoms with Crippen molar-refractivity contribution in [1.82, 2.24) is 4.72 Å². The molecule has 2 N–H and O–H groups in total. The average molecular weight is 443 g/mol. The van der Waals surface area contributed by atoms with Crippen LogP contribution in [-0.2, 0) is 14.8 Å². The number of rotatable bonds is 7. The predicted octanol–water partition coefficient (Wildman–Crippen LogP) is 3.30. The Morgan fingerprint density at radius 3 is 2.48 bits per heavy atom. The van der Waals surface area contributed by atoms with Gasteiger partial charge in [0.15, 0.2) is 0 Å². The van der Waals surface area contributed by atoms with E-state index in [0.717, 1.165) is 5.56 Å². The van der Waals surface area contributed by atoms with E-state index in [1.807, 2.05) is 13.8 Å². The number of carboxylic acids is 1. The van der Waals surface area contributed by atoms with Crippen molar-refractivity contribution in [1.29, 1.82) is 0 Å². The van der Waals surface area contributed by atoms with Crippen LogP contribution >= 0.6 is 31.9 Å². The third-order valence-corrected chi connectivity index (χ3v) is 6.25. The Kier molecular flexibility index (Phi) is 6.83. The largest absolute Gasteiger partial charge is 0.481 e. The highest BCUT2D eigenvalue weighted by Crippen LogP contribution is 2.28. The van der Waals surface area contributed by atoms with Gasteiger partial charge >= 0.3 is 5.97 Å². The van der Waals surface area contributed by atoms with Crippen molar-refractivity contribution in [3.05, 3.63) is 26.6 Å². The lowest BCUT2D eigenvalue weighted by atomic mass is 10.1. The zero-order valence-corrected chi connectivity index (χ0v) is 15.7. The van der Waals surface area contributed by atoms with E-state index in [2.05, 4.69) is 36.6 Å². The summed E-state index contributed by atoms with van der Waals surface area (Å²) in [6, 6.07) is 3.19. The highest BCUT2D eigenvalue weighted by Gasteiger charge is 2.23. The van der Waals surface area contributed by atoms with Crippen molar-refractivity contribution in [2.45, 2.75) is 31.6 Å². The molecule has 0 saturated heterocycles. The number of halogens is 2. The third kappa shape index (κ3) is 5.05. The molecule has 0 saturated carbocycles. The van der Waals surface area contributed by atoms with Gasteiger partial charge < -0.3 is 5.11 Å². The smallest absolute Gasteiger partial charge is 0.307 e. The van der Waals surface area contributed by atoms with Crippen LogP contribution in [0.4, 0.5) is 0 Å². The molecule has 0 radical (unpaired) electrons. The van der Waals surface area contributed by atoms with Gasteiger partial charge in [0.25, 0.3) is 0 Å². The lowest BCUT2D eigenvalue weighted by Gasteiger charge is -2.14. The molecule has 1 rings (SSSR count). The summed E-state index contributed by atoms with van der Waals surface area (Å²) in [4.78, 5) is 11.1. The SMILES string of the molecule is CCCC(CNS(=O)(=O)c1cc(Br)c(C)cc1Br)C(=O)O. The van der Waals surface area contributed by atoms with E-state index in [1.165, 1.54) is 6.07 Å². The van der Waals surface area contributed by atoms with Crippen molar-refractivity contribution in [2.75, 3.05) is 6.54 Å². The molecule has 0 aliphatic carbocycles. The molecule has 0 aliphatic heterocycles. The highest BCUT2D eigenvalue weighted by atomic mass is 79.9. The predicted molar refractivity (Wildman–Crippen MR) is 87.8 cm³/mol. The molecule has 8 heteroatoms. The maximum absolute atomic E-state index is 12.3. The van der Waals surface area contributed by atoms with Gasteiger partial charge in [0, 0.05) is 15.5 Å². The fourth-order valence-electron chi connectivity index (χ4n) is 1.78. The second kappa shape index (κ2) is 7.71. The molecular weight excluding hydrogens is 426 g/mol. The Morgan fingerprint density at radius 1 is 1.33 bits per heavy atom. The van der Waals surface area contributed by atoms with E-state index in [0.29, 0.717) is 21.8 Å². The van der Waals surface area contributed by atoms with Crippen LogP contribution in [0.5, 0.6) is 0 Å². The van der Waals surface area contributed by atoms with Crippen LogP contribution in [0.2, 0.25) is 0 Å². The lowest BCUT2D eigenvalue weighted by Crippen LogP contribution is -2.33. The van der Waals surface area contributed by atoms with Crippen LogP contribution in [0, 0.1) is 12.8 Å². The quantitative estimate of drug-likeness (QED) is 0.678. The Bertz CT molecular complexity index is 631. The van der Waals surface area contributed by atoms with Crippen LogP contribution in [0.25, 0.3) is 0 Å². The van der Waals surface area contributed by atoms with Crippen LogP contribution in [-0.4, -0.2) is 26.0 Å². The molecule has 0 spiro atoms. The zero-order chi connectivity index (χ0) is 16.2. The van der Waals surface area contributed by atoms with E-state index in [-0.39, 0.29) is 11.4 Å². The van der Waals surface area contributed by atoms with Gasteiger partial charge in [-0.15, -0.1) is 0 Å². The van der Waals surface area contributed by atoms with Crippen molar-refractivity contribution < 1.29 is 18.3 Å². The van der Waals surface area contributed by atoms with Crippen molar-refractivity contribution in [3.63, 3.8) is 0 Å². The van der Waals surface area contributed by atoms with E-state index in [4.69, 9.17) is 5.11 Å². The van der Waals surface area contributed by atoms with Crippen molar-refractivity contribution >= 4 is 47.9 Å². The maximum atomic E-state index is 12.3. The number of carboxylic acid groups (broad SMARTS) is 1. The molecule has 1 atom stereocenters. The van der Waals surface area contributed by atoms with Gasteiger partial charge in [0.1, 0.15) is 0 Å². The molecule has 0 aliphatic rings. The third-order valence-electron chi connectivity index (χ3n) is 3.01. The first-order valence-electron chi connectivity index (χ1n) is 6.37. The summed E-state index contributed by atoms with van der Waals surface area (Å²) in [5.41, 5.74) is 0.898. The van der Waals surface area contributed by atoms with Gasteiger partial charge in [0.2, 0.25) is 10.0 Å². The minimum Gasteiger partial charge on any atom is -0.481 e.